The Morgan fingerprint density at radius 3 is 2.39 bits per heavy atom. The van der Waals surface area contributed by atoms with Crippen LogP contribution in [0.5, 0.6) is 5.75 Å². The molecule has 5 rings (SSSR count). The minimum atomic E-state index is 0.0270. The number of carbonyl (C=O) groups is 1. The van der Waals surface area contributed by atoms with Gasteiger partial charge in [0, 0.05) is 17.6 Å². The number of anilines is 1. The standard InChI is InChI=1S/C30H34N4O2/c1-22(2)34-28-11-7-6-10-27(28)32-29(34)20-33-18-16-24(17-19-33)30(35)31-25-12-14-26(15-13-25)36-21-23-8-4-3-5-9-23/h3-15,22,24H,16-21H2,1-2H3,(H,31,35). The van der Waals surface area contributed by atoms with Gasteiger partial charge in [-0.2, -0.15) is 0 Å². The van der Waals surface area contributed by atoms with Crippen molar-refractivity contribution in [2.75, 3.05) is 18.4 Å². The summed E-state index contributed by atoms with van der Waals surface area (Å²) in [4.78, 5) is 20.2. The average molecular weight is 483 g/mol. The van der Waals surface area contributed by atoms with Gasteiger partial charge < -0.3 is 14.6 Å². The van der Waals surface area contributed by atoms with Crippen LogP contribution in [0.25, 0.3) is 11.0 Å². The van der Waals surface area contributed by atoms with E-state index in [4.69, 9.17) is 9.72 Å². The third kappa shape index (κ3) is 5.60. The Balaban J connectivity index is 1.12. The molecule has 0 saturated carbocycles. The van der Waals surface area contributed by atoms with Crippen LogP contribution in [0.1, 0.15) is 44.1 Å². The van der Waals surface area contributed by atoms with Crippen LogP contribution in [-0.4, -0.2) is 33.4 Å². The highest BCUT2D eigenvalue weighted by Gasteiger charge is 2.26. The number of rotatable bonds is 8. The van der Waals surface area contributed by atoms with E-state index < -0.39 is 0 Å². The van der Waals surface area contributed by atoms with Crippen LogP contribution in [-0.2, 0) is 17.9 Å². The van der Waals surface area contributed by atoms with Crippen LogP contribution in [0.2, 0.25) is 0 Å². The Morgan fingerprint density at radius 2 is 1.67 bits per heavy atom. The Labute approximate surface area is 212 Å². The van der Waals surface area contributed by atoms with Gasteiger partial charge in [0.15, 0.2) is 0 Å². The van der Waals surface area contributed by atoms with Crippen molar-refractivity contribution in [1.82, 2.24) is 14.5 Å². The van der Waals surface area contributed by atoms with Crippen molar-refractivity contribution >= 4 is 22.6 Å². The zero-order valence-electron chi connectivity index (χ0n) is 21.1. The summed E-state index contributed by atoms with van der Waals surface area (Å²) < 4.78 is 8.18. The van der Waals surface area contributed by atoms with Gasteiger partial charge in [-0.15, -0.1) is 0 Å². The first-order chi connectivity index (χ1) is 17.6. The van der Waals surface area contributed by atoms with E-state index in [1.54, 1.807) is 0 Å². The fourth-order valence-electron chi connectivity index (χ4n) is 4.96. The lowest BCUT2D eigenvalue weighted by molar-refractivity contribution is -0.121. The second-order valence-corrected chi connectivity index (χ2v) is 9.82. The van der Waals surface area contributed by atoms with Gasteiger partial charge in [-0.25, -0.2) is 4.98 Å². The lowest BCUT2D eigenvalue weighted by Gasteiger charge is -2.31. The molecule has 2 heterocycles. The first kappa shape index (κ1) is 24.1. The van der Waals surface area contributed by atoms with E-state index in [-0.39, 0.29) is 11.8 Å². The number of ether oxygens (including phenoxy) is 1. The molecular weight excluding hydrogens is 448 g/mol. The second-order valence-electron chi connectivity index (χ2n) is 9.82. The molecule has 0 spiro atoms. The molecule has 186 valence electrons. The highest BCUT2D eigenvalue weighted by Crippen LogP contribution is 2.25. The SMILES string of the molecule is CC(C)n1c(CN2CCC(C(=O)Nc3ccc(OCc4ccccc4)cc3)CC2)nc2ccccc21. The molecule has 1 saturated heterocycles. The van der Waals surface area contributed by atoms with Gasteiger partial charge in [0.05, 0.1) is 17.6 Å². The smallest absolute Gasteiger partial charge is 0.227 e. The zero-order chi connectivity index (χ0) is 24.9. The largest absolute Gasteiger partial charge is 0.489 e. The molecule has 6 heteroatoms. The number of hydrogen-bond acceptors (Lipinski definition) is 4. The molecule has 1 aliphatic heterocycles. The summed E-state index contributed by atoms with van der Waals surface area (Å²) in [6.07, 6.45) is 1.71. The molecule has 1 N–H and O–H groups in total. The van der Waals surface area contributed by atoms with Crippen molar-refractivity contribution in [2.45, 2.75) is 45.9 Å². The summed E-state index contributed by atoms with van der Waals surface area (Å²) in [5.41, 5.74) is 4.17. The molecule has 1 fully saturated rings. The summed E-state index contributed by atoms with van der Waals surface area (Å²) in [5.74, 6) is 2.02. The molecule has 6 nitrogen and oxygen atoms in total. The van der Waals surface area contributed by atoms with E-state index >= 15 is 0 Å². The van der Waals surface area contributed by atoms with E-state index in [1.165, 1.54) is 5.52 Å². The number of nitrogens with zero attached hydrogens (tertiary/aromatic N) is 3. The number of aromatic nitrogens is 2. The molecule has 0 bridgehead atoms. The van der Waals surface area contributed by atoms with Crippen molar-refractivity contribution in [1.29, 1.82) is 0 Å². The Morgan fingerprint density at radius 1 is 0.972 bits per heavy atom. The first-order valence-corrected chi connectivity index (χ1v) is 12.8. The maximum atomic E-state index is 12.9. The first-order valence-electron chi connectivity index (χ1n) is 12.8. The van der Waals surface area contributed by atoms with Crippen LogP contribution >= 0.6 is 0 Å². The monoisotopic (exact) mass is 482 g/mol. The molecule has 1 aromatic heterocycles. The number of amides is 1. The van der Waals surface area contributed by atoms with Gasteiger partial charge in [-0.1, -0.05) is 42.5 Å². The molecule has 1 aliphatic rings. The van der Waals surface area contributed by atoms with Crippen LogP contribution in [0, 0.1) is 5.92 Å². The zero-order valence-corrected chi connectivity index (χ0v) is 21.1. The highest BCUT2D eigenvalue weighted by atomic mass is 16.5. The number of carbonyl (C=O) groups excluding carboxylic acids is 1. The predicted octanol–water partition coefficient (Wildman–Crippen LogP) is 6.05. The summed E-state index contributed by atoms with van der Waals surface area (Å²) in [5, 5.41) is 3.09. The lowest BCUT2D eigenvalue weighted by Crippen LogP contribution is -2.38. The number of benzene rings is 3. The van der Waals surface area contributed by atoms with E-state index in [0.29, 0.717) is 12.6 Å². The summed E-state index contributed by atoms with van der Waals surface area (Å²) in [6, 6.07) is 26.4. The molecule has 0 unspecified atom stereocenters. The number of para-hydroxylation sites is 2. The average Bonchev–Trinajstić information content (AvgIpc) is 3.27. The number of likely N-dealkylation sites (tertiary alicyclic amines) is 1. The third-order valence-electron chi connectivity index (χ3n) is 6.88. The third-order valence-corrected chi connectivity index (χ3v) is 6.88. The molecule has 3 aromatic carbocycles. The normalized spacial score (nSPS) is 14.9. The van der Waals surface area contributed by atoms with Gasteiger partial charge in [0.2, 0.25) is 5.91 Å². The van der Waals surface area contributed by atoms with Gasteiger partial charge in [0.25, 0.3) is 0 Å². The quantitative estimate of drug-likeness (QED) is 0.332. The number of fused-ring (bicyclic) bond motifs is 1. The Hall–Kier alpha value is -3.64. The fraction of sp³-hybridized carbons (Fsp3) is 0.333. The fourth-order valence-corrected chi connectivity index (χ4v) is 4.96. The number of nitrogens with one attached hydrogen (secondary N) is 1. The second kappa shape index (κ2) is 11.0. The van der Waals surface area contributed by atoms with Gasteiger partial charge in [-0.3, -0.25) is 9.69 Å². The summed E-state index contributed by atoms with van der Waals surface area (Å²) in [7, 11) is 0. The molecule has 0 radical (unpaired) electrons. The topological polar surface area (TPSA) is 59.4 Å². The van der Waals surface area contributed by atoms with Crippen molar-refractivity contribution in [3.05, 3.63) is 90.3 Å². The van der Waals surface area contributed by atoms with Crippen molar-refractivity contribution in [2.24, 2.45) is 5.92 Å². The molecular formula is C30H34N4O2. The number of imidazole rings is 1. The molecule has 1 amide bonds. The maximum Gasteiger partial charge on any atom is 0.227 e. The molecule has 0 atom stereocenters. The minimum absolute atomic E-state index is 0.0270. The van der Waals surface area contributed by atoms with Gasteiger partial charge in [0.1, 0.15) is 18.2 Å². The number of piperidine rings is 1. The van der Waals surface area contributed by atoms with Crippen molar-refractivity contribution in [3.8, 4) is 5.75 Å². The van der Waals surface area contributed by atoms with Crippen LogP contribution in [0.3, 0.4) is 0 Å². The summed E-state index contributed by atoms with van der Waals surface area (Å²) in [6.45, 7) is 7.54. The predicted molar refractivity (Wildman–Crippen MR) is 144 cm³/mol. The highest BCUT2D eigenvalue weighted by molar-refractivity contribution is 5.92. The minimum Gasteiger partial charge on any atom is -0.489 e. The lowest BCUT2D eigenvalue weighted by atomic mass is 9.95. The van der Waals surface area contributed by atoms with Gasteiger partial charge >= 0.3 is 0 Å². The number of hydrogen-bond donors (Lipinski definition) is 1. The van der Waals surface area contributed by atoms with Crippen molar-refractivity contribution in [3.63, 3.8) is 0 Å². The van der Waals surface area contributed by atoms with Crippen LogP contribution in [0.4, 0.5) is 5.69 Å². The van der Waals surface area contributed by atoms with E-state index in [9.17, 15) is 4.79 Å². The van der Waals surface area contributed by atoms with E-state index in [1.807, 2.05) is 60.7 Å². The van der Waals surface area contributed by atoms with Crippen LogP contribution in [0.15, 0.2) is 78.9 Å². The van der Waals surface area contributed by atoms with E-state index in [2.05, 4.69) is 46.8 Å². The molecule has 0 aliphatic carbocycles. The Kier molecular flexibility index (Phi) is 7.33. The van der Waals surface area contributed by atoms with Crippen molar-refractivity contribution < 1.29 is 9.53 Å². The summed E-state index contributed by atoms with van der Waals surface area (Å²) >= 11 is 0. The Bertz CT molecular complexity index is 1290. The van der Waals surface area contributed by atoms with Crippen LogP contribution < -0.4 is 10.1 Å². The van der Waals surface area contributed by atoms with E-state index in [0.717, 1.165) is 60.8 Å². The van der Waals surface area contributed by atoms with Gasteiger partial charge in [-0.05, 0) is 81.7 Å². The maximum absolute atomic E-state index is 12.9. The molecule has 4 aromatic rings. The molecule has 36 heavy (non-hydrogen) atoms.